The lowest BCUT2D eigenvalue weighted by Crippen LogP contribution is -2.09. The van der Waals surface area contributed by atoms with Gasteiger partial charge in [0.1, 0.15) is 17.1 Å². The molecular formula is C22H16F2N4O2. The summed E-state index contributed by atoms with van der Waals surface area (Å²) in [5.41, 5.74) is 2.13. The molecule has 0 saturated heterocycles. The van der Waals surface area contributed by atoms with E-state index >= 15 is 0 Å². The Morgan fingerprint density at radius 1 is 1.00 bits per heavy atom. The van der Waals surface area contributed by atoms with Gasteiger partial charge in [-0.2, -0.15) is 0 Å². The Kier molecular flexibility index (Phi) is 5.05. The molecular weight excluding hydrogens is 390 g/mol. The average molecular weight is 406 g/mol. The summed E-state index contributed by atoms with van der Waals surface area (Å²) in [6.07, 6.45) is 3.24. The van der Waals surface area contributed by atoms with Crippen LogP contribution in [0, 0.1) is 11.6 Å². The predicted octanol–water partition coefficient (Wildman–Crippen LogP) is 4.60. The van der Waals surface area contributed by atoms with Crippen molar-refractivity contribution in [1.82, 2.24) is 15.0 Å². The van der Waals surface area contributed by atoms with Crippen LogP contribution < -0.4 is 10.1 Å². The third-order valence-electron chi connectivity index (χ3n) is 4.45. The van der Waals surface area contributed by atoms with Crippen molar-refractivity contribution >= 4 is 22.6 Å². The van der Waals surface area contributed by atoms with Crippen molar-refractivity contribution in [3.05, 3.63) is 66.5 Å². The first-order chi connectivity index (χ1) is 14.5. The average Bonchev–Trinajstić information content (AvgIpc) is 2.75. The first-order valence-corrected chi connectivity index (χ1v) is 8.99. The number of anilines is 1. The summed E-state index contributed by atoms with van der Waals surface area (Å²) < 4.78 is 32.6. The van der Waals surface area contributed by atoms with Crippen LogP contribution in [0.15, 0.2) is 54.9 Å². The van der Waals surface area contributed by atoms with E-state index in [0.717, 1.165) is 12.1 Å². The SMILES string of the molecule is COc1cc(-c2ccc(F)c(F)c2)cc2c(NC(C)=O)nc(-c3cccnc3)nc12. The lowest BCUT2D eigenvalue weighted by Gasteiger charge is -2.14. The van der Waals surface area contributed by atoms with E-state index in [-0.39, 0.29) is 11.7 Å². The molecule has 1 amide bonds. The van der Waals surface area contributed by atoms with Crippen LogP contribution in [0.1, 0.15) is 6.92 Å². The van der Waals surface area contributed by atoms with Crippen molar-refractivity contribution in [2.24, 2.45) is 0 Å². The van der Waals surface area contributed by atoms with Crippen LogP contribution >= 0.6 is 0 Å². The molecule has 0 aliphatic rings. The van der Waals surface area contributed by atoms with Gasteiger partial charge in [0.2, 0.25) is 5.91 Å². The minimum absolute atomic E-state index is 0.272. The lowest BCUT2D eigenvalue weighted by atomic mass is 10.0. The smallest absolute Gasteiger partial charge is 0.222 e. The van der Waals surface area contributed by atoms with Crippen LogP contribution in [0.25, 0.3) is 33.4 Å². The van der Waals surface area contributed by atoms with Crippen LogP contribution in [0.4, 0.5) is 14.6 Å². The number of methoxy groups -OCH3 is 1. The van der Waals surface area contributed by atoms with E-state index in [1.165, 1.54) is 20.1 Å². The number of benzene rings is 2. The minimum Gasteiger partial charge on any atom is -0.494 e. The molecule has 0 unspecified atom stereocenters. The summed E-state index contributed by atoms with van der Waals surface area (Å²) in [5.74, 6) is -1.19. The standard InChI is InChI=1S/C22H16F2N4O2/c1-12(29)26-22-16-8-15(13-5-6-17(23)18(24)9-13)10-19(30-2)20(16)27-21(28-22)14-4-3-7-25-11-14/h3-11H,1-2H3,(H,26,27,28,29). The Labute approximate surface area is 170 Å². The van der Waals surface area contributed by atoms with Gasteiger partial charge in [0.25, 0.3) is 0 Å². The number of amides is 1. The number of fused-ring (bicyclic) bond motifs is 1. The number of halogens is 2. The molecule has 4 aromatic rings. The molecule has 0 spiro atoms. The Balaban J connectivity index is 1.99. The van der Waals surface area contributed by atoms with E-state index in [4.69, 9.17) is 4.74 Å². The molecule has 30 heavy (non-hydrogen) atoms. The third kappa shape index (κ3) is 3.67. The van der Waals surface area contributed by atoms with Gasteiger partial charge in [-0.3, -0.25) is 9.78 Å². The highest BCUT2D eigenvalue weighted by Crippen LogP contribution is 2.36. The number of nitrogens with one attached hydrogen (secondary N) is 1. The first kappa shape index (κ1) is 19.4. The molecule has 0 radical (unpaired) electrons. The molecule has 150 valence electrons. The Morgan fingerprint density at radius 2 is 1.83 bits per heavy atom. The van der Waals surface area contributed by atoms with Crippen molar-refractivity contribution in [3.63, 3.8) is 0 Å². The van der Waals surface area contributed by atoms with Crippen molar-refractivity contribution in [2.75, 3.05) is 12.4 Å². The number of carbonyl (C=O) groups excluding carboxylic acids is 1. The number of hydrogen-bond donors (Lipinski definition) is 1. The van der Waals surface area contributed by atoms with Gasteiger partial charge in [0, 0.05) is 30.3 Å². The van der Waals surface area contributed by atoms with Crippen LogP contribution in [0.5, 0.6) is 5.75 Å². The van der Waals surface area contributed by atoms with E-state index < -0.39 is 11.6 Å². The molecule has 2 aromatic carbocycles. The molecule has 4 rings (SSSR count). The van der Waals surface area contributed by atoms with Crippen molar-refractivity contribution in [2.45, 2.75) is 6.92 Å². The van der Waals surface area contributed by atoms with Crippen LogP contribution in [0.2, 0.25) is 0 Å². The largest absolute Gasteiger partial charge is 0.494 e. The maximum atomic E-state index is 13.8. The molecule has 6 nitrogen and oxygen atoms in total. The maximum absolute atomic E-state index is 13.8. The predicted molar refractivity (Wildman–Crippen MR) is 109 cm³/mol. The molecule has 0 aliphatic carbocycles. The molecule has 0 bridgehead atoms. The van der Waals surface area contributed by atoms with Gasteiger partial charge in [0.05, 0.1) is 7.11 Å². The van der Waals surface area contributed by atoms with E-state index in [1.807, 2.05) is 0 Å². The number of rotatable bonds is 4. The summed E-state index contributed by atoms with van der Waals surface area (Å²) in [6, 6.07) is 10.5. The quantitative estimate of drug-likeness (QED) is 0.536. The van der Waals surface area contributed by atoms with Gasteiger partial charge in [-0.1, -0.05) is 6.07 Å². The summed E-state index contributed by atoms with van der Waals surface area (Å²) in [4.78, 5) is 24.9. The summed E-state index contributed by atoms with van der Waals surface area (Å²) in [6.45, 7) is 1.37. The number of hydrogen-bond acceptors (Lipinski definition) is 5. The Bertz CT molecular complexity index is 1260. The summed E-state index contributed by atoms with van der Waals surface area (Å²) in [5, 5.41) is 3.21. The van der Waals surface area contributed by atoms with Gasteiger partial charge in [-0.25, -0.2) is 18.7 Å². The molecule has 2 heterocycles. The number of aromatic nitrogens is 3. The molecule has 0 atom stereocenters. The van der Waals surface area contributed by atoms with E-state index in [9.17, 15) is 13.6 Å². The number of pyridine rings is 1. The van der Waals surface area contributed by atoms with Crippen LogP contribution in [-0.4, -0.2) is 28.0 Å². The topological polar surface area (TPSA) is 77.0 Å². The first-order valence-electron chi connectivity index (χ1n) is 8.99. The maximum Gasteiger partial charge on any atom is 0.222 e. The zero-order chi connectivity index (χ0) is 21.3. The molecule has 0 aliphatic heterocycles. The minimum atomic E-state index is -0.961. The van der Waals surface area contributed by atoms with Crippen molar-refractivity contribution in [1.29, 1.82) is 0 Å². The number of carbonyl (C=O) groups is 1. The summed E-state index contributed by atoms with van der Waals surface area (Å²) >= 11 is 0. The van der Waals surface area contributed by atoms with Crippen LogP contribution in [0.3, 0.4) is 0 Å². The monoisotopic (exact) mass is 406 g/mol. The highest BCUT2D eigenvalue weighted by Gasteiger charge is 2.17. The highest BCUT2D eigenvalue weighted by molar-refractivity contribution is 6.02. The molecule has 0 saturated carbocycles. The van der Waals surface area contributed by atoms with Gasteiger partial charge in [-0.05, 0) is 47.5 Å². The van der Waals surface area contributed by atoms with Crippen molar-refractivity contribution < 1.29 is 18.3 Å². The lowest BCUT2D eigenvalue weighted by molar-refractivity contribution is -0.114. The van der Waals surface area contributed by atoms with Gasteiger partial charge >= 0.3 is 0 Å². The molecule has 8 heteroatoms. The van der Waals surface area contributed by atoms with Gasteiger partial charge in [0.15, 0.2) is 17.5 Å². The fraction of sp³-hybridized carbons (Fsp3) is 0.0909. The van der Waals surface area contributed by atoms with E-state index in [0.29, 0.717) is 39.2 Å². The third-order valence-corrected chi connectivity index (χ3v) is 4.45. The van der Waals surface area contributed by atoms with Crippen LogP contribution in [-0.2, 0) is 4.79 Å². The molecule has 2 aromatic heterocycles. The van der Waals surface area contributed by atoms with Gasteiger partial charge < -0.3 is 10.1 Å². The van der Waals surface area contributed by atoms with E-state index in [2.05, 4.69) is 20.3 Å². The second kappa shape index (κ2) is 7.82. The zero-order valence-electron chi connectivity index (χ0n) is 16.1. The second-order valence-electron chi connectivity index (χ2n) is 6.52. The normalized spacial score (nSPS) is 10.8. The molecule has 1 N–H and O–H groups in total. The van der Waals surface area contributed by atoms with Gasteiger partial charge in [-0.15, -0.1) is 0 Å². The molecule has 0 fully saturated rings. The zero-order valence-corrected chi connectivity index (χ0v) is 16.1. The fourth-order valence-corrected chi connectivity index (χ4v) is 3.08. The highest BCUT2D eigenvalue weighted by atomic mass is 19.2. The Hall–Kier alpha value is -3.94. The van der Waals surface area contributed by atoms with E-state index in [1.54, 1.807) is 36.7 Å². The van der Waals surface area contributed by atoms with Crippen molar-refractivity contribution in [3.8, 4) is 28.3 Å². The number of nitrogens with zero attached hydrogens (tertiary/aromatic N) is 3. The Morgan fingerprint density at radius 3 is 2.50 bits per heavy atom. The number of ether oxygens (including phenoxy) is 1. The second-order valence-corrected chi connectivity index (χ2v) is 6.52. The fourth-order valence-electron chi connectivity index (χ4n) is 3.08. The summed E-state index contributed by atoms with van der Waals surface area (Å²) in [7, 11) is 1.48.